The first kappa shape index (κ1) is 18.1. The molecule has 6 nitrogen and oxygen atoms in total. The molecule has 5 atom stereocenters. The number of carbonyl (C=O) groups excluding carboxylic acids is 1. The number of carbonyl (C=O) groups is 1. The Hall–Kier alpha value is -1.95. The van der Waals surface area contributed by atoms with Gasteiger partial charge in [0.1, 0.15) is 0 Å². The number of hydrogen-bond acceptors (Lipinski definition) is 4. The van der Waals surface area contributed by atoms with E-state index >= 15 is 0 Å². The van der Waals surface area contributed by atoms with Crippen LogP contribution in [0.1, 0.15) is 56.0 Å². The summed E-state index contributed by atoms with van der Waals surface area (Å²) in [5.41, 5.74) is 4.26. The van der Waals surface area contributed by atoms with E-state index in [1.165, 1.54) is 5.56 Å². The Morgan fingerprint density at radius 1 is 1.29 bits per heavy atom. The topological polar surface area (TPSA) is 71.2 Å². The summed E-state index contributed by atoms with van der Waals surface area (Å²) in [5.74, 6) is 1.76. The summed E-state index contributed by atoms with van der Waals surface area (Å²) in [7, 11) is 0. The summed E-state index contributed by atoms with van der Waals surface area (Å²) in [4.78, 5) is 19.8. The summed E-state index contributed by atoms with van der Waals surface area (Å²) in [6, 6.07) is 0.340. The van der Waals surface area contributed by atoms with Gasteiger partial charge in [-0.15, -0.1) is 0 Å². The van der Waals surface area contributed by atoms with E-state index in [-0.39, 0.29) is 24.1 Å². The van der Waals surface area contributed by atoms with Gasteiger partial charge in [0.25, 0.3) is 0 Å². The lowest BCUT2D eigenvalue weighted by Gasteiger charge is -2.29. The second-order valence-corrected chi connectivity index (χ2v) is 9.40. The second-order valence-electron chi connectivity index (χ2n) is 9.40. The van der Waals surface area contributed by atoms with Crippen molar-refractivity contribution in [3.05, 3.63) is 23.0 Å². The van der Waals surface area contributed by atoms with Crippen LogP contribution in [0, 0.1) is 31.6 Å². The third-order valence-corrected chi connectivity index (χ3v) is 7.58. The highest BCUT2D eigenvalue weighted by atomic mass is 16.3. The Kier molecular flexibility index (Phi) is 4.06. The number of aliphatic hydroxyl groups excluding tert-OH is 1. The van der Waals surface area contributed by atoms with Crippen LogP contribution in [0.15, 0.2) is 6.20 Å². The van der Waals surface area contributed by atoms with Crippen LogP contribution in [0.3, 0.4) is 0 Å². The summed E-state index contributed by atoms with van der Waals surface area (Å²) >= 11 is 0. The standard InChI is InChI=1S/C22H30N4O2/c1-11(2)26-22-18(9-23-26)12(3)16(13(4)24-22)5-6-19(27)25-10-15-7-14-8-17(15)20(25)21(14)28/h9,11,14-15,17,20-21,28H,5-8,10H2,1-4H3/t14-,15-,17+,20-,21-/m0/s1. The lowest BCUT2D eigenvalue weighted by Crippen LogP contribution is -2.43. The summed E-state index contributed by atoms with van der Waals surface area (Å²) < 4.78 is 1.96. The second kappa shape index (κ2) is 6.28. The first-order chi connectivity index (χ1) is 13.4. The van der Waals surface area contributed by atoms with Gasteiger partial charge < -0.3 is 10.0 Å². The molecule has 3 fully saturated rings. The Labute approximate surface area is 165 Å². The Morgan fingerprint density at radius 2 is 2.07 bits per heavy atom. The molecule has 150 valence electrons. The largest absolute Gasteiger partial charge is 0.391 e. The number of aromatic nitrogens is 3. The molecule has 0 spiro atoms. The molecule has 1 N–H and O–H groups in total. The van der Waals surface area contributed by atoms with Gasteiger partial charge in [-0.2, -0.15) is 5.10 Å². The zero-order chi connectivity index (χ0) is 19.7. The predicted molar refractivity (Wildman–Crippen MR) is 107 cm³/mol. The molecule has 0 radical (unpaired) electrons. The molecule has 0 aromatic carbocycles. The van der Waals surface area contributed by atoms with Crippen LogP contribution in [0.5, 0.6) is 0 Å². The van der Waals surface area contributed by atoms with Crippen LogP contribution in [0.4, 0.5) is 0 Å². The Morgan fingerprint density at radius 3 is 2.79 bits per heavy atom. The first-order valence-corrected chi connectivity index (χ1v) is 10.7. The molecule has 1 amide bonds. The quantitative estimate of drug-likeness (QED) is 0.883. The number of nitrogens with zero attached hydrogens (tertiary/aromatic N) is 4. The van der Waals surface area contributed by atoms with Gasteiger partial charge in [-0.1, -0.05) is 0 Å². The minimum absolute atomic E-state index is 0.0725. The van der Waals surface area contributed by atoms with E-state index in [0.717, 1.165) is 41.7 Å². The van der Waals surface area contributed by atoms with Crippen molar-refractivity contribution in [3.8, 4) is 0 Å². The van der Waals surface area contributed by atoms with Crippen molar-refractivity contribution < 1.29 is 9.90 Å². The van der Waals surface area contributed by atoms with E-state index in [2.05, 4.69) is 25.9 Å². The van der Waals surface area contributed by atoms with Crippen molar-refractivity contribution in [1.82, 2.24) is 19.7 Å². The van der Waals surface area contributed by atoms with E-state index in [1.807, 2.05) is 22.7 Å². The number of amides is 1. The van der Waals surface area contributed by atoms with Crippen molar-refractivity contribution >= 4 is 16.9 Å². The predicted octanol–water partition coefficient (Wildman–Crippen LogP) is 2.79. The molecule has 28 heavy (non-hydrogen) atoms. The fraction of sp³-hybridized carbons (Fsp3) is 0.682. The van der Waals surface area contributed by atoms with Crippen molar-refractivity contribution in [1.29, 1.82) is 0 Å². The Bertz CT molecular complexity index is 948. The molecule has 2 aliphatic carbocycles. The molecular formula is C22H30N4O2. The molecule has 0 unspecified atom stereocenters. The van der Waals surface area contributed by atoms with Crippen molar-refractivity contribution in [3.63, 3.8) is 0 Å². The number of aryl methyl sites for hydroxylation is 2. The molecule has 2 aromatic heterocycles. The van der Waals surface area contributed by atoms with Gasteiger partial charge >= 0.3 is 0 Å². The SMILES string of the molecule is Cc1nc2c(cnn2C(C)C)c(C)c1CCC(=O)N1C[C@@H]2C[C@H]3C[C@H]2[C@H]1[C@H]3O. The van der Waals surface area contributed by atoms with Crippen LogP contribution < -0.4 is 0 Å². The van der Waals surface area contributed by atoms with E-state index in [9.17, 15) is 9.90 Å². The molecule has 3 heterocycles. The highest BCUT2D eigenvalue weighted by molar-refractivity contribution is 5.81. The minimum Gasteiger partial charge on any atom is -0.391 e. The number of fused-ring (bicyclic) bond motifs is 2. The van der Waals surface area contributed by atoms with Crippen molar-refractivity contribution in [2.45, 2.75) is 71.6 Å². The lowest BCUT2D eigenvalue weighted by atomic mass is 9.88. The van der Waals surface area contributed by atoms with Gasteiger partial charge in [-0.05, 0) is 75.8 Å². The van der Waals surface area contributed by atoms with E-state index in [4.69, 9.17) is 4.98 Å². The normalized spacial score (nSPS) is 30.9. The van der Waals surface area contributed by atoms with Gasteiger partial charge in [-0.25, -0.2) is 9.67 Å². The number of pyridine rings is 1. The third-order valence-electron chi connectivity index (χ3n) is 7.58. The molecule has 1 aliphatic heterocycles. The number of rotatable bonds is 4. The maximum atomic E-state index is 13.0. The van der Waals surface area contributed by atoms with Crippen LogP contribution in [-0.4, -0.2) is 49.4 Å². The van der Waals surface area contributed by atoms with Gasteiger partial charge in [-0.3, -0.25) is 4.79 Å². The maximum Gasteiger partial charge on any atom is 0.223 e. The fourth-order valence-corrected chi connectivity index (χ4v) is 6.21. The summed E-state index contributed by atoms with van der Waals surface area (Å²) in [5, 5.41) is 16.1. The highest BCUT2D eigenvalue weighted by Crippen LogP contribution is 2.55. The molecule has 2 bridgehead atoms. The third kappa shape index (κ3) is 2.46. The van der Waals surface area contributed by atoms with E-state index < -0.39 is 0 Å². The first-order valence-electron chi connectivity index (χ1n) is 10.7. The maximum absolute atomic E-state index is 13.0. The molecule has 3 aliphatic rings. The summed E-state index contributed by atoms with van der Waals surface area (Å²) in [6.45, 7) is 9.21. The zero-order valence-electron chi connectivity index (χ0n) is 17.2. The van der Waals surface area contributed by atoms with E-state index in [0.29, 0.717) is 30.6 Å². The van der Waals surface area contributed by atoms with Crippen molar-refractivity contribution in [2.24, 2.45) is 17.8 Å². The average molecular weight is 383 g/mol. The van der Waals surface area contributed by atoms with Gasteiger partial charge in [0.2, 0.25) is 5.91 Å². The average Bonchev–Trinajstić information content (AvgIpc) is 3.35. The van der Waals surface area contributed by atoms with E-state index in [1.54, 1.807) is 0 Å². The lowest BCUT2D eigenvalue weighted by molar-refractivity contribution is -0.134. The smallest absolute Gasteiger partial charge is 0.223 e. The molecule has 5 rings (SSSR count). The van der Waals surface area contributed by atoms with Crippen LogP contribution in [0.25, 0.3) is 11.0 Å². The van der Waals surface area contributed by atoms with Crippen LogP contribution in [-0.2, 0) is 11.2 Å². The van der Waals surface area contributed by atoms with Crippen molar-refractivity contribution in [2.75, 3.05) is 6.54 Å². The van der Waals surface area contributed by atoms with Crippen LogP contribution in [0.2, 0.25) is 0 Å². The zero-order valence-corrected chi connectivity index (χ0v) is 17.2. The Balaban J connectivity index is 1.36. The molecule has 2 aromatic rings. The molecule has 2 saturated carbocycles. The number of likely N-dealkylation sites (tertiary alicyclic amines) is 1. The molecule has 6 heteroatoms. The fourth-order valence-electron chi connectivity index (χ4n) is 6.21. The van der Waals surface area contributed by atoms with Gasteiger partial charge in [0, 0.05) is 30.1 Å². The molecular weight excluding hydrogens is 352 g/mol. The van der Waals surface area contributed by atoms with Gasteiger partial charge in [0.15, 0.2) is 5.65 Å². The highest BCUT2D eigenvalue weighted by Gasteiger charge is 2.59. The minimum atomic E-state index is -0.309. The number of aliphatic hydroxyl groups is 1. The molecule has 1 saturated heterocycles. The monoisotopic (exact) mass is 382 g/mol. The van der Waals surface area contributed by atoms with Crippen LogP contribution >= 0.6 is 0 Å². The number of hydrogen-bond donors (Lipinski definition) is 1. The summed E-state index contributed by atoms with van der Waals surface area (Å²) in [6.07, 6.45) is 4.99. The van der Waals surface area contributed by atoms with Gasteiger partial charge in [0.05, 0.1) is 18.3 Å².